The summed E-state index contributed by atoms with van der Waals surface area (Å²) in [7, 11) is 0. The van der Waals surface area contributed by atoms with Gasteiger partial charge in [0.15, 0.2) is 0 Å². The van der Waals surface area contributed by atoms with Gasteiger partial charge in [0, 0.05) is 31.6 Å². The minimum Gasteiger partial charge on any atom is -0.445 e. The highest BCUT2D eigenvalue weighted by Crippen LogP contribution is 2.36. The van der Waals surface area contributed by atoms with Crippen molar-refractivity contribution in [1.82, 2.24) is 4.90 Å². The molecule has 0 saturated carbocycles. The van der Waals surface area contributed by atoms with Gasteiger partial charge in [-0.3, -0.25) is 4.90 Å². The number of piperidine rings is 1. The first-order chi connectivity index (χ1) is 14.0. The smallest absolute Gasteiger partial charge is 0.415 e. The van der Waals surface area contributed by atoms with Crippen molar-refractivity contribution in [2.24, 2.45) is 0 Å². The first-order valence-corrected chi connectivity index (χ1v) is 9.99. The van der Waals surface area contributed by atoms with Gasteiger partial charge in [-0.15, -0.1) is 0 Å². The zero-order valence-electron chi connectivity index (χ0n) is 16.9. The Labute approximate surface area is 171 Å². The molecule has 0 aliphatic carbocycles. The van der Waals surface area contributed by atoms with Gasteiger partial charge in [0.2, 0.25) is 0 Å². The number of anilines is 1. The Balaban J connectivity index is 1.34. The monoisotopic (exact) mass is 394 g/mol. The molecule has 152 valence electrons. The Morgan fingerprint density at radius 3 is 2.48 bits per heavy atom. The summed E-state index contributed by atoms with van der Waals surface area (Å²) in [6.07, 6.45) is 0.591. The molecule has 4 rings (SSSR count). The van der Waals surface area contributed by atoms with E-state index in [0.717, 1.165) is 16.8 Å². The quantitative estimate of drug-likeness (QED) is 0.773. The number of carbonyl (C=O) groups is 2. The lowest BCUT2D eigenvalue weighted by Crippen LogP contribution is -2.48. The predicted octanol–water partition coefficient (Wildman–Crippen LogP) is 4.43. The largest absolute Gasteiger partial charge is 0.445 e. The van der Waals surface area contributed by atoms with Crippen LogP contribution in [0.15, 0.2) is 48.5 Å². The maximum atomic E-state index is 12.5. The molecule has 2 fully saturated rings. The van der Waals surface area contributed by atoms with Crippen molar-refractivity contribution >= 4 is 17.9 Å². The summed E-state index contributed by atoms with van der Waals surface area (Å²) in [5, 5.41) is 0. The van der Waals surface area contributed by atoms with Crippen LogP contribution in [0.2, 0.25) is 0 Å². The number of aryl methyl sites for hydroxylation is 2. The second kappa shape index (κ2) is 7.78. The molecule has 2 aliphatic heterocycles. The predicted molar refractivity (Wildman–Crippen MR) is 110 cm³/mol. The van der Waals surface area contributed by atoms with Crippen molar-refractivity contribution in [1.29, 1.82) is 0 Å². The molecule has 0 unspecified atom stereocenters. The van der Waals surface area contributed by atoms with E-state index in [1.54, 1.807) is 9.80 Å². The van der Waals surface area contributed by atoms with Crippen LogP contribution in [-0.2, 0) is 16.1 Å². The molecule has 2 aromatic carbocycles. The molecular formula is C23H26N2O4. The van der Waals surface area contributed by atoms with E-state index >= 15 is 0 Å². The number of rotatable bonds is 3. The SMILES string of the molecule is Cc1ccc(N2CC3(CCN(C(=O)OCc4ccccc4)CC3)OC2=O)cc1C. The zero-order chi connectivity index (χ0) is 20.4. The van der Waals surface area contributed by atoms with Crippen molar-refractivity contribution in [3.63, 3.8) is 0 Å². The number of hydrogen-bond acceptors (Lipinski definition) is 4. The minimum atomic E-state index is -0.536. The molecule has 2 aromatic rings. The van der Waals surface area contributed by atoms with Crippen LogP contribution in [0.5, 0.6) is 0 Å². The average molecular weight is 394 g/mol. The standard InChI is InChI=1S/C23H26N2O4/c1-17-8-9-20(14-18(17)2)25-16-23(29-22(25)27)10-12-24(13-11-23)21(26)28-15-19-6-4-3-5-7-19/h3-9,14H,10-13,15-16H2,1-2H3. The van der Waals surface area contributed by atoms with Gasteiger partial charge in [-0.05, 0) is 42.7 Å². The molecule has 0 radical (unpaired) electrons. The second-order valence-corrected chi connectivity index (χ2v) is 7.93. The number of ether oxygens (including phenoxy) is 2. The van der Waals surface area contributed by atoms with Crippen LogP contribution in [-0.4, -0.2) is 42.3 Å². The molecule has 2 saturated heterocycles. The highest BCUT2D eigenvalue weighted by Gasteiger charge is 2.48. The van der Waals surface area contributed by atoms with E-state index < -0.39 is 5.60 Å². The van der Waals surface area contributed by atoms with E-state index in [-0.39, 0.29) is 18.8 Å². The van der Waals surface area contributed by atoms with E-state index in [9.17, 15) is 9.59 Å². The summed E-state index contributed by atoms with van der Waals surface area (Å²) in [6, 6.07) is 15.6. The van der Waals surface area contributed by atoms with Gasteiger partial charge in [-0.1, -0.05) is 36.4 Å². The summed E-state index contributed by atoms with van der Waals surface area (Å²) in [5.41, 5.74) is 3.62. The Hall–Kier alpha value is -3.02. The van der Waals surface area contributed by atoms with Crippen molar-refractivity contribution in [3.8, 4) is 0 Å². The molecule has 2 heterocycles. The van der Waals surface area contributed by atoms with E-state index in [1.807, 2.05) is 55.5 Å². The summed E-state index contributed by atoms with van der Waals surface area (Å²) < 4.78 is 11.2. The lowest BCUT2D eigenvalue weighted by Gasteiger charge is -2.36. The molecule has 6 nitrogen and oxygen atoms in total. The van der Waals surface area contributed by atoms with Gasteiger partial charge in [-0.2, -0.15) is 0 Å². The fourth-order valence-corrected chi connectivity index (χ4v) is 3.88. The zero-order valence-corrected chi connectivity index (χ0v) is 16.9. The Morgan fingerprint density at radius 2 is 1.79 bits per heavy atom. The number of benzene rings is 2. The van der Waals surface area contributed by atoms with Crippen molar-refractivity contribution < 1.29 is 19.1 Å². The van der Waals surface area contributed by atoms with Crippen LogP contribution in [0, 0.1) is 13.8 Å². The lowest BCUT2D eigenvalue weighted by atomic mass is 9.91. The highest BCUT2D eigenvalue weighted by molar-refractivity contribution is 5.90. The maximum absolute atomic E-state index is 12.5. The van der Waals surface area contributed by atoms with Gasteiger partial charge in [-0.25, -0.2) is 9.59 Å². The van der Waals surface area contributed by atoms with E-state index in [4.69, 9.17) is 9.47 Å². The summed E-state index contributed by atoms with van der Waals surface area (Å²) in [6.45, 7) is 5.90. The topological polar surface area (TPSA) is 59.1 Å². The van der Waals surface area contributed by atoms with E-state index in [2.05, 4.69) is 6.92 Å². The van der Waals surface area contributed by atoms with Gasteiger partial charge in [0.1, 0.15) is 12.2 Å². The number of carbonyl (C=O) groups excluding carboxylic acids is 2. The summed E-state index contributed by atoms with van der Waals surface area (Å²) in [4.78, 5) is 28.3. The summed E-state index contributed by atoms with van der Waals surface area (Å²) in [5.74, 6) is 0. The van der Waals surface area contributed by atoms with E-state index in [1.165, 1.54) is 5.56 Å². The Kier molecular flexibility index (Phi) is 5.18. The molecule has 0 N–H and O–H groups in total. The highest BCUT2D eigenvalue weighted by atomic mass is 16.6. The second-order valence-electron chi connectivity index (χ2n) is 7.93. The Bertz CT molecular complexity index is 904. The van der Waals surface area contributed by atoms with Gasteiger partial charge < -0.3 is 14.4 Å². The number of nitrogens with zero attached hydrogens (tertiary/aromatic N) is 2. The van der Waals surface area contributed by atoms with Crippen molar-refractivity contribution in [2.75, 3.05) is 24.5 Å². The van der Waals surface area contributed by atoms with Crippen molar-refractivity contribution in [3.05, 3.63) is 65.2 Å². The van der Waals surface area contributed by atoms with Gasteiger partial charge in [0.05, 0.1) is 6.54 Å². The molecule has 0 bridgehead atoms. The molecule has 29 heavy (non-hydrogen) atoms. The molecule has 0 aromatic heterocycles. The number of amides is 2. The van der Waals surface area contributed by atoms with Crippen LogP contribution in [0.4, 0.5) is 15.3 Å². The molecule has 0 atom stereocenters. The molecular weight excluding hydrogens is 368 g/mol. The Morgan fingerprint density at radius 1 is 1.07 bits per heavy atom. The molecule has 2 amide bonds. The third-order valence-electron chi connectivity index (χ3n) is 5.91. The van der Waals surface area contributed by atoms with Gasteiger partial charge in [0.25, 0.3) is 0 Å². The minimum absolute atomic E-state index is 0.261. The summed E-state index contributed by atoms with van der Waals surface area (Å²) >= 11 is 0. The fraction of sp³-hybridized carbons (Fsp3) is 0.391. The molecule has 1 spiro atoms. The van der Waals surface area contributed by atoms with Gasteiger partial charge >= 0.3 is 12.2 Å². The lowest BCUT2D eigenvalue weighted by molar-refractivity contribution is -0.00107. The normalized spacial score (nSPS) is 18.1. The fourth-order valence-electron chi connectivity index (χ4n) is 3.88. The molecule has 6 heteroatoms. The maximum Gasteiger partial charge on any atom is 0.415 e. The average Bonchev–Trinajstić information content (AvgIpc) is 3.05. The van der Waals surface area contributed by atoms with Crippen LogP contribution < -0.4 is 4.90 Å². The van der Waals surface area contributed by atoms with Crippen LogP contribution in [0.1, 0.15) is 29.5 Å². The molecule has 2 aliphatic rings. The third kappa shape index (κ3) is 4.06. The van der Waals surface area contributed by atoms with Crippen LogP contribution >= 0.6 is 0 Å². The third-order valence-corrected chi connectivity index (χ3v) is 5.91. The number of likely N-dealkylation sites (tertiary alicyclic amines) is 1. The van der Waals surface area contributed by atoms with Crippen LogP contribution in [0.3, 0.4) is 0 Å². The number of hydrogen-bond donors (Lipinski definition) is 0. The van der Waals surface area contributed by atoms with Crippen molar-refractivity contribution in [2.45, 2.75) is 38.9 Å². The first kappa shape index (κ1) is 19.3. The van der Waals surface area contributed by atoms with Crippen LogP contribution in [0.25, 0.3) is 0 Å². The van der Waals surface area contributed by atoms with E-state index in [0.29, 0.717) is 32.5 Å². The first-order valence-electron chi connectivity index (χ1n) is 9.99.